The summed E-state index contributed by atoms with van der Waals surface area (Å²) in [5, 5.41) is 9.54. The number of methoxy groups -OCH3 is 2. The number of benzene rings is 1. The van der Waals surface area contributed by atoms with Gasteiger partial charge in [-0.1, -0.05) is 7.60 Å². The van der Waals surface area contributed by atoms with Crippen molar-refractivity contribution in [1.82, 2.24) is 0 Å². The highest BCUT2D eigenvalue weighted by atomic mass is 31.2. The van der Waals surface area contributed by atoms with Gasteiger partial charge in [-0.15, -0.1) is 0 Å². The Morgan fingerprint density at radius 2 is 1.69 bits per heavy atom. The SMILES string of the molecule is COc1cc(CP(=O)([O-])[O-])cc(OC)c1O. The van der Waals surface area contributed by atoms with E-state index in [1.54, 1.807) is 0 Å². The summed E-state index contributed by atoms with van der Waals surface area (Å²) in [6, 6.07) is 2.56. The highest BCUT2D eigenvalue weighted by Gasteiger charge is 2.11. The van der Waals surface area contributed by atoms with E-state index in [2.05, 4.69) is 0 Å². The summed E-state index contributed by atoms with van der Waals surface area (Å²) in [6.45, 7) is 0. The fourth-order valence-electron chi connectivity index (χ4n) is 1.26. The van der Waals surface area contributed by atoms with Crippen LogP contribution in [-0.4, -0.2) is 19.3 Å². The quantitative estimate of drug-likeness (QED) is 0.739. The Morgan fingerprint density at radius 1 is 1.25 bits per heavy atom. The van der Waals surface area contributed by atoms with Gasteiger partial charge in [0.25, 0.3) is 0 Å². The molecule has 0 bridgehead atoms. The van der Waals surface area contributed by atoms with Gasteiger partial charge in [0.05, 0.1) is 14.2 Å². The summed E-state index contributed by atoms with van der Waals surface area (Å²) >= 11 is 0. The van der Waals surface area contributed by atoms with Crippen LogP contribution in [0.5, 0.6) is 17.2 Å². The first kappa shape index (κ1) is 12.8. The second-order valence-corrected chi connectivity index (χ2v) is 4.66. The fourth-order valence-corrected chi connectivity index (χ4v) is 1.89. The van der Waals surface area contributed by atoms with Gasteiger partial charge < -0.3 is 28.9 Å². The van der Waals surface area contributed by atoms with E-state index in [4.69, 9.17) is 9.47 Å². The summed E-state index contributed by atoms with van der Waals surface area (Å²) in [5.74, 6) is -0.119. The van der Waals surface area contributed by atoms with E-state index in [0.717, 1.165) is 0 Å². The molecule has 16 heavy (non-hydrogen) atoms. The number of aromatic hydroxyl groups is 1. The van der Waals surface area contributed by atoms with Crippen molar-refractivity contribution in [2.75, 3.05) is 14.2 Å². The summed E-state index contributed by atoms with van der Waals surface area (Å²) in [6.07, 6.45) is -0.653. The fraction of sp³-hybridized carbons (Fsp3) is 0.333. The zero-order valence-electron chi connectivity index (χ0n) is 8.80. The van der Waals surface area contributed by atoms with Gasteiger partial charge in [0, 0.05) is 6.16 Å². The molecule has 1 rings (SSSR count). The first-order chi connectivity index (χ1) is 7.37. The molecule has 0 aliphatic carbocycles. The summed E-state index contributed by atoms with van der Waals surface area (Å²) in [5.41, 5.74) is 0.208. The van der Waals surface area contributed by atoms with Crippen LogP contribution in [0.15, 0.2) is 12.1 Å². The molecule has 90 valence electrons. The molecule has 0 saturated heterocycles. The van der Waals surface area contributed by atoms with Crippen molar-refractivity contribution < 1.29 is 28.9 Å². The number of rotatable bonds is 4. The molecule has 0 atom stereocenters. The number of phenolic OH excluding ortho intramolecular Hbond substituents is 1. The van der Waals surface area contributed by atoms with Gasteiger partial charge in [-0.3, -0.25) is 0 Å². The predicted molar refractivity (Wildman–Crippen MR) is 52.5 cm³/mol. The smallest absolute Gasteiger partial charge is 0.200 e. The summed E-state index contributed by atoms with van der Waals surface area (Å²) < 4.78 is 20.3. The Morgan fingerprint density at radius 3 is 2.00 bits per heavy atom. The van der Waals surface area contributed by atoms with Crippen LogP contribution in [0.4, 0.5) is 0 Å². The van der Waals surface area contributed by atoms with Gasteiger partial charge in [0.2, 0.25) is 5.75 Å². The Kier molecular flexibility index (Phi) is 3.80. The largest absolute Gasteiger partial charge is 0.810 e. The van der Waals surface area contributed by atoms with Crippen molar-refractivity contribution in [2.24, 2.45) is 0 Å². The normalized spacial score (nSPS) is 11.2. The zero-order chi connectivity index (χ0) is 12.3. The maximum absolute atomic E-state index is 10.6. The number of ether oxygens (including phenoxy) is 2. The van der Waals surface area contributed by atoms with Gasteiger partial charge >= 0.3 is 0 Å². The van der Waals surface area contributed by atoms with E-state index in [1.807, 2.05) is 0 Å². The van der Waals surface area contributed by atoms with Gasteiger partial charge in [0.1, 0.15) is 0 Å². The number of hydrogen-bond donors (Lipinski definition) is 1. The topological polar surface area (TPSA) is 102 Å². The molecule has 6 nitrogen and oxygen atoms in total. The van der Waals surface area contributed by atoms with Crippen molar-refractivity contribution in [1.29, 1.82) is 0 Å². The highest BCUT2D eigenvalue weighted by molar-refractivity contribution is 7.47. The monoisotopic (exact) mass is 246 g/mol. The van der Waals surface area contributed by atoms with Gasteiger partial charge in [-0.2, -0.15) is 0 Å². The van der Waals surface area contributed by atoms with Crippen molar-refractivity contribution in [3.8, 4) is 17.2 Å². The Balaban J connectivity index is 3.17. The van der Waals surface area contributed by atoms with Crippen molar-refractivity contribution in [3.63, 3.8) is 0 Å². The molecule has 7 heteroatoms. The lowest BCUT2D eigenvalue weighted by Crippen LogP contribution is -2.15. The molecular weight excluding hydrogens is 235 g/mol. The molecule has 0 aromatic heterocycles. The molecule has 0 heterocycles. The third-order valence-corrected chi connectivity index (χ3v) is 2.67. The molecule has 0 radical (unpaired) electrons. The Hall–Kier alpha value is -1.23. The van der Waals surface area contributed by atoms with Crippen LogP contribution in [0.1, 0.15) is 5.56 Å². The third-order valence-electron chi connectivity index (χ3n) is 1.92. The average Bonchev–Trinajstić information content (AvgIpc) is 2.18. The van der Waals surface area contributed by atoms with Gasteiger partial charge in [-0.25, -0.2) is 0 Å². The minimum atomic E-state index is -4.66. The van der Waals surface area contributed by atoms with E-state index in [1.165, 1.54) is 26.4 Å². The van der Waals surface area contributed by atoms with E-state index >= 15 is 0 Å². The minimum Gasteiger partial charge on any atom is -0.810 e. The summed E-state index contributed by atoms with van der Waals surface area (Å²) in [4.78, 5) is 21.2. The van der Waals surface area contributed by atoms with Crippen LogP contribution in [0.25, 0.3) is 0 Å². The van der Waals surface area contributed by atoms with Crippen LogP contribution in [0.2, 0.25) is 0 Å². The second-order valence-electron chi connectivity index (χ2n) is 3.12. The summed E-state index contributed by atoms with van der Waals surface area (Å²) in [7, 11) is -2.03. The molecule has 1 aromatic rings. The van der Waals surface area contributed by atoms with E-state index in [-0.39, 0.29) is 22.8 Å². The maximum Gasteiger partial charge on any atom is 0.200 e. The molecule has 1 N–H and O–H groups in total. The molecule has 0 aliphatic rings. The van der Waals surface area contributed by atoms with Crippen LogP contribution in [0, 0.1) is 0 Å². The molecule has 0 aliphatic heterocycles. The number of phenols is 1. The predicted octanol–water partition coefficient (Wildman–Crippen LogP) is -0.177. The van der Waals surface area contributed by atoms with Crippen LogP contribution >= 0.6 is 7.60 Å². The van der Waals surface area contributed by atoms with Crippen molar-refractivity contribution in [3.05, 3.63) is 17.7 Å². The van der Waals surface area contributed by atoms with Gasteiger partial charge in [-0.05, 0) is 17.7 Å². The molecule has 0 fully saturated rings. The van der Waals surface area contributed by atoms with E-state index in [0.29, 0.717) is 0 Å². The molecule has 0 amide bonds. The van der Waals surface area contributed by atoms with Gasteiger partial charge in [0.15, 0.2) is 11.5 Å². The number of hydrogen-bond acceptors (Lipinski definition) is 6. The molecule has 1 aromatic carbocycles. The third kappa shape index (κ3) is 3.13. The molecule has 0 spiro atoms. The van der Waals surface area contributed by atoms with Crippen LogP contribution in [0.3, 0.4) is 0 Å². The van der Waals surface area contributed by atoms with Crippen molar-refractivity contribution in [2.45, 2.75) is 6.16 Å². The Labute approximate surface area is 92.6 Å². The average molecular weight is 246 g/mol. The molecular formula is C9H11O6P-2. The zero-order valence-corrected chi connectivity index (χ0v) is 9.69. The first-order valence-electron chi connectivity index (χ1n) is 4.32. The lowest BCUT2D eigenvalue weighted by molar-refractivity contribution is -0.314. The van der Waals surface area contributed by atoms with E-state index in [9.17, 15) is 19.5 Å². The minimum absolute atomic E-state index is 0.0581. The highest BCUT2D eigenvalue weighted by Crippen LogP contribution is 2.40. The second kappa shape index (κ2) is 4.74. The standard InChI is InChI=1S/C9H13O6P/c1-14-7-3-6(5-16(11,12)13)4-8(15-2)9(7)10/h3-4,10H,5H2,1-2H3,(H2,11,12,13)/p-2. The maximum atomic E-state index is 10.6. The molecule has 0 saturated carbocycles. The van der Waals surface area contributed by atoms with Crippen molar-refractivity contribution >= 4 is 7.60 Å². The van der Waals surface area contributed by atoms with E-state index < -0.39 is 13.8 Å². The van der Waals surface area contributed by atoms with Crippen LogP contribution in [-0.2, 0) is 10.7 Å². The first-order valence-corrected chi connectivity index (χ1v) is 6.05. The van der Waals surface area contributed by atoms with Crippen LogP contribution < -0.4 is 19.3 Å². The Bertz CT molecular complexity index is 399. The lowest BCUT2D eigenvalue weighted by atomic mass is 10.2. The molecule has 0 unspecified atom stereocenters. The lowest BCUT2D eigenvalue weighted by Gasteiger charge is -2.29.